The molecule has 0 unspecified atom stereocenters. The van der Waals surface area contributed by atoms with Gasteiger partial charge >= 0.3 is 0 Å². The van der Waals surface area contributed by atoms with Crippen molar-refractivity contribution in [2.75, 3.05) is 13.7 Å². The molecule has 46 heavy (non-hydrogen) atoms. The van der Waals surface area contributed by atoms with Gasteiger partial charge in [0.2, 0.25) is 0 Å². The number of methoxy groups -OCH3 is 1. The summed E-state index contributed by atoms with van der Waals surface area (Å²) in [5.41, 5.74) is -1.05. The zero-order chi connectivity index (χ0) is 34.0. The predicted molar refractivity (Wildman–Crippen MR) is 173 cm³/mol. The molecule has 0 spiro atoms. The maximum Gasteiger partial charge on any atom is 0.187 e. The molecule has 4 aliphatic carbocycles. The SMILES string of the molecule is COC(C)(C)/C=C/C[C@@H](C)[C@@H]1CC[C@@]2(C)[C@@H]3[C@@H](O[C@@H]4O[C@H](CO)[C@@H](O)[C@H](O)[C@H]4O)C=C4[C@@H](CC[C@H](O)C4(C)C)[C@]3(C=O)CC[C@]12C. The van der Waals surface area contributed by atoms with Crippen LogP contribution in [0.3, 0.4) is 0 Å². The first-order chi connectivity index (χ1) is 21.4. The van der Waals surface area contributed by atoms with Gasteiger partial charge in [-0.15, -0.1) is 0 Å². The lowest BCUT2D eigenvalue weighted by atomic mass is 9.38. The first-order valence-electron chi connectivity index (χ1n) is 17.5. The summed E-state index contributed by atoms with van der Waals surface area (Å²) in [6.45, 7) is 14.7. The van der Waals surface area contributed by atoms with Crippen molar-refractivity contribution in [3.8, 4) is 0 Å². The third-order valence-electron chi connectivity index (χ3n) is 14.0. The first-order valence-corrected chi connectivity index (χ1v) is 17.5. The van der Waals surface area contributed by atoms with Crippen LogP contribution in [-0.4, -0.2) is 94.1 Å². The van der Waals surface area contributed by atoms with Crippen LogP contribution in [-0.2, 0) is 19.0 Å². The van der Waals surface area contributed by atoms with E-state index < -0.39 is 60.4 Å². The Morgan fingerprint density at radius 3 is 2.33 bits per heavy atom. The molecule has 5 N–H and O–H groups in total. The second-order valence-electron chi connectivity index (χ2n) is 16.9. The normalized spacial score (nSPS) is 47.9. The summed E-state index contributed by atoms with van der Waals surface area (Å²) in [6, 6.07) is 0. The second-order valence-corrected chi connectivity index (χ2v) is 16.9. The number of aliphatic hydroxyl groups is 5. The fraction of sp³-hybridized carbons (Fsp3) is 0.865. The molecule has 4 fully saturated rings. The zero-order valence-electron chi connectivity index (χ0n) is 29.2. The van der Waals surface area contributed by atoms with Crippen molar-refractivity contribution >= 4 is 6.29 Å². The highest BCUT2D eigenvalue weighted by Crippen LogP contribution is 2.75. The fourth-order valence-corrected chi connectivity index (χ4v) is 10.8. The summed E-state index contributed by atoms with van der Waals surface area (Å²) >= 11 is 0. The summed E-state index contributed by atoms with van der Waals surface area (Å²) in [6.07, 6.45) is 5.19. The number of allylic oxidation sites excluding steroid dienone is 1. The van der Waals surface area contributed by atoms with E-state index in [0.717, 1.165) is 31.3 Å². The predicted octanol–water partition coefficient (Wildman–Crippen LogP) is 3.93. The Morgan fingerprint density at radius 1 is 1.00 bits per heavy atom. The van der Waals surface area contributed by atoms with Gasteiger partial charge in [0, 0.05) is 23.9 Å². The molecule has 0 aromatic rings. The molecule has 0 amide bonds. The molecule has 9 nitrogen and oxygen atoms in total. The molecular formula is C37H60O9. The number of ether oxygens (including phenoxy) is 3. The Labute approximate surface area is 275 Å². The van der Waals surface area contributed by atoms with Crippen LogP contribution >= 0.6 is 0 Å². The highest BCUT2D eigenvalue weighted by Gasteiger charge is 2.71. The van der Waals surface area contributed by atoms with Gasteiger partial charge in [0.15, 0.2) is 6.29 Å². The first kappa shape index (κ1) is 36.1. The topological polar surface area (TPSA) is 146 Å². The van der Waals surface area contributed by atoms with Crippen LogP contribution in [0.25, 0.3) is 0 Å². The number of aliphatic hydroxyl groups excluding tert-OH is 5. The maximum absolute atomic E-state index is 13.7. The fourth-order valence-electron chi connectivity index (χ4n) is 10.8. The average Bonchev–Trinajstić information content (AvgIpc) is 3.29. The van der Waals surface area contributed by atoms with Crippen molar-refractivity contribution in [2.45, 2.75) is 142 Å². The molecule has 0 radical (unpaired) electrons. The Balaban J connectivity index is 1.57. The minimum absolute atomic E-state index is 0.0416. The van der Waals surface area contributed by atoms with Gasteiger partial charge in [-0.25, -0.2) is 0 Å². The van der Waals surface area contributed by atoms with Crippen LogP contribution in [0.2, 0.25) is 0 Å². The molecule has 1 aliphatic heterocycles. The van der Waals surface area contributed by atoms with Gasteiger partial charge in [-0.2, -0.15) is 0 Å². The average molecular weight is 649 g/mol. The molecule has 262 valence electrons. The van der Waals surface area contributed by atoms with Crippen LogP contribution in [0, 0.1) is 45.3 Å². The summed E-state index contributed by atoms with van der Waals surface area (Å²) in [5.74, 6) is 0.534. The Bertz CT molecular complexity index is 1180. The van der Waals surface area contributed by atoms with Crippen molar-refractivity contribution in [2.24, 2.45) is 45.3 Å². The van der Waals surface area contributed by atoms with Crippen molar-refractivity contribution in [1.29, 1.82) is 0 Å². The Kier molecular flexibility index (Phi) is 9.91. The molecule has 9 heteroatoms. The van der Waals surface area contributed by atoms with Crippen molar-refractivity contribution in [3.05, 3.63) is 23.8 Å². The molecule has 5 rings (SSSR count). The Hall–Kier alpha value is -1.17. The number of carbonyl (C=O) groups excluding carboxylic acids is 1. The molecule has 1 heterocycles. The summed E-state index contributed by atoms with van der Waals surface area (Å²) in [4.78, 5) is 13.7. The number of hydrogen-bond acceptors (Lipinski definition) is 9. The lowest BCUT2D eigenvalue weighted by Crippen LogP contribution is -2.66. The van der Waals surface area contributed by atoms with Gasteiger partial charge < -0.3 is 44.5 Å². The van der Waals surface area contributed by atoms with Crippen LogP contribution in [0.5, 0.6) is 0 Å². The molecular weight excluding hydrogens is 588 g/mol. The van der Waals surface area contributed by atoms with E-state index in [4.69, 9.17) is 14.2 Å². The second kappa shape index (κ2) is 12.6. The minimum atomic E-state index is -1.57. The zero-order valence-corrected chi connectivity index (χ0v) is 29.2. The lowest BCUT2D eigenvalue weighted by Gasteiger charge is -2.66. The summed E-state index contributed by atoms with van der Waals surface area (Å²) < 4.78 is 18.2. The van der Waals surface area contributed by atoms with E-state index >= 15 is 0 Å². The van der Waals surface area contributed by atoms with Crippen LogP contribution < -0.4 is 0 Å². The molecule has 0 aromatic carbocycles. The number of hydrogen-bond donors (Lipinski definition) is 5. The van der Waals surface area contributed by atoms with Gasteiger partial charge in [-0.3, -0.25) is 0 Å². The number of fused-ring (bicyclic) bond motifs is 5. The summed E-state index contributed by atoms with van der Waals surface area (Å²) in [7, 11) is 1.72. The third kappa shape index (κ3) is 5.49. The molecule has 14 atom stereocenters. The number of aldehydes is 1. The van der Waals surface area contributed by atoms with Gasteiger partial charge in [-0.1, -0.05) is 58.4 Å². The molecule has 0 bridgehead atoms. The van der Waals surface area contributed by atoms with E-state index in [0.29, 0.717) is 31.1 Å². The van der Waals surface area contributed by atoms with Crippen molar-refractivity contribution in [1.82, 2.24) is 0 Å². The largest absolute Gasteiger partial charge is 0.394 e. The van der Waals surface area contributed by atoms with E-state index in [9.17, 15) is 30.3 Å². The smallest absolute Gasteiger partial charge is 0.187 e. The van der Waals surface area contributed by atoms with E-state index in [1.54, 1.807) is 7.11 Å². The molecule has 1 saturated heterocycles. The molecule has 5 aliphatic rings. The van der Waals surface area contributed by atoms with E-state index in [1.165, 1.54) is 6.29 Å². The number of carbonyl (C=O) groups is 1. The van der Waals surface area contributed by atoms with E-state index in [1.807, 2.05) is 27.7 Å². The van der Waals surface area contributed by atoms with Crippen LogP contribution in [0.15, 0.2) is 23.8 Å². The minimum Gasteiger partial charge on any atom is -0.394 e. The third-order valence-corrected chi connectivity index (χ3v) is 14.0. The monoisotopic (exact) mass is 648 g/mol. The van der Waals surface area contributed by atoms with Crippen molar-refractivity contribution in [3.63, 3.8) is 0 Å². The summed E-state index contributed by atoms with van der Waals surface area (Å²) in [5, 5.41) is 53.1. The van der Waals surface area contributed by atoms with Crippen molar-refractivity contribution < 1.29 is 44.5 Å². The standard InChI is InChI=1S/C37H60O9/c1-21(10-9-14-33(2,3)44-8)22-13-15-36(7)31-25(45-32-30(43)29(42)28(41)26(19-38)46-32)18-24-23(11-12-27(40)34(24,4)5)37(31,20-39)17-16-35(22,36)6/h9,14,18,20-23,25-32,38,40-43H,10-13,15-17,19H2,1-8H3/b14-9+/t21-,22+,23-,25+,26-,27+,28-,29+,30-,31+,32-,35-,36+,37-/m1/s1. The van der Waals surface area contributed by atoms with E-state index in [2.05, 4.69) is 39.0 Å². The Morgan fingerprint density at radius 2 is 1.70 bits per heavy atom. The number of rotatable bonds is 9. The van der Waals surface area contributed by atoms with Gasteiger partial charge in [0.05, 0.1) is 24.4 Å². The molecule has 0 aromatic heterocycles. The highest BCUT2D eigenvalue weighted by molar-refractivity contribution is 5.65. The lowest BCUT2D eigenvalue weighted by molar-refractivity contribution is -0.321. The van der Waals surface area contributed by atoms with Gasteiger partial charge in [0.25, 0.3) is 0 Å². The van der Waals surface area contributed by atoms with E-state index in [-0.39, 0.29) is 28.3 Å². The maximum atomic E-state index is 13.7. The quantitative estimate of drug-likeness (QED) is 0.185. The van der Waals surface area contributed by atoms with Crippen LogP contribution in [0.4, 0.5) is 0 Å². The highest BCUT2D eigenvalue weighted by atomic mass is 16.7. The van der Waals surface area contributed by atoms with Gasteiger partial charge in [0.1, 0.15) is 30.7 Å². The van der Waals surface area contributed by atoms with Gasteiger partial charge in [-0.05, 0) is 87.4 Å². The molecule has 3 saturated carbocycles. The van der Waals surface area contributed by atoms with Crippen LogP contribution in [0.1, 0.15) is 93.4 Å².